The van der Waals surface area contributed by atoms with Crippen molar-refractivity contribution in [2.24, 2.45) is 17.3 Å². The van der Waals surface area contributed by atoms with Crippen molar-refractivity contribution >= 4 is 0 Å². The first-order valence-corrected chi connectivity index (χ1v) is 7.51. The highest BCUT2D eigenvalue weighted by atomic mass is 16.3. The maximum Gasteiger partial charge on any atom is 0.0771 e. The van der Waals surface area contributed by atoms with E-state index in [-0.39, 0.29) is 17.4 Å². The maximum atomic E-state index is 10.3. The van der Waals surface area contributed by atoms with Crippen molar-refractivity contribution in [2.75, 3.05) is 0 Å². The van der Waals surface area contributed by atoms with Gasteiger partial charge in [0.2, 0.25) is 0 Å². The average Bonchev–Trinajstić information content (AvgIpc) is 2.58. The van der Waals surface area contributed by atoms with E-state index in [1.807, 2.05) is 12.2 Å². The molecule has 3 unspecified atom stereocenters. The number of aliphatic hydroxyl groups excluding tert-OH is 2. The zero-order chi connectivity index (χ0) is 14.6. The van der Waals surface area contributed by atoms with Crippen LogP contribution in [0.2, 0.25) is 0 Å². The summed E-state index contributed by atoms with van der Waals surface area (Å²) < 4.78 is 0. The minimum Gasteiger partial charge on any atom is -0.392 e. The average molecular weight is 266 g/mol. The summed E-state index contributed by atoms with van der Waals surface area (Å²) in [6, 6.07) is 0. The normalized spacial score (nSPS) is 30.2. The van der Waals surface area contributed by atoms with E-state index in [2.05, 4.69) is 34.3 Å². The number of rotatable bonds is 6. The fourth-order valence-electron chi connectivity index (χ4n) is 2.77. The van der Waals surface area contributed by atoms with Crippen LogP contribution >= 0.6 is 0 Å². The Labute approximate surface area is 118 Å². The topological polar surface area (TPSA) is 40.5 Å². The molecule has 1 rings (SSSR count). The van der Waals surface area contributed by atoms with Crippen molar-refractivity contribution in [3.05, 3.63) is 24.3 Å². The number of hydrogen-bond donors (Lipinski definition) is 2. The molecule has 110 valence electrons. The summed E-state index contributed by atoms with van der Waals surface area (Å²) in [5.41, 5.74) is 1.01. The number of hydrogen-bond acceptors (Lipinski definition) is 2. The molecule has 0 aliphatic heterocycles. The van der Waals surface area contributed by atoms with Crippen LogP contribution in [0.25, 0.3) is 0 Å². The SMILES string of the molecule is C=C1CC(O)[C@H](/C=C/C(O)C(C)(C)CCCC)C1C. The van der Waals surface area contributed by atoms with Crippen molar-refractivity contribution in [3.63, 3.8) is 0 Å². The summed E-state index contributed by atoms with van der Waals surface area (Å²) in [7, 11) is 0. The Kier molecular flexibility index (Phi) is 5.82. The molecule has 19 heavy (non-hydrogen) atoms. The van der Waals surface area contributed by atoms with Gasteiger partial charge in [0, 0.05) is 5.92 Å². The van der Waals surface area contributed by atoms with E-state index < -0.39 is 6.10 Å². The molecule has 0 bridgehead atoms. The summed E-state index contributed by atoms with van der Waals surface area (Å²) in [4.78, 5) is 0. The van der Waals surface area contributed by atoms with Gasteiger partial charge in [-0.1, -0.05) is 64.8 Å². The molecule has 0 amide bonds. The van der Waals surface area contributed by atoms with E-state index in [1.165, 1.54) is 0 Å². The molecule has 0 aromatic rings. The predicted molar refractivity (Wildman–Crippen MR) is 80.9 cm³/mol. The molecule has 1 aliphatic carbocycles. The molecule has 0 aromatic carbocycles. The molecule has 4 atom stereocenters. The van der Waals surface area contributed by atoms with Crippen LogP contribution in [0.3, 0.4) is 0 Å². The minimum absolute atomic E-state index is 0.101. The summed E-state index contributed by atoms with van der Waals surface area (Å²) in [5, 5.41) is 20.3. The van der Waals surface area contributed by atoms with Crippen molar-refractivity contribution < 1.29 is 10.2 Å². The van der Waals surface area contributed by atoms with Crippen molar-refractivity contribution in [1.82, 2.24) is 0 Å². The van der Waals surface area contributed by atoms with Gasteiger partial charge in [0.15, 0.2) is 0 Å². The van der Waals surface area contributed by atoms with E-state index in [0.29, 0.717) is 12.3 Å². The molecule has 1 aliphatic rings. The number of aliphatic hydroxyl groups is 2. The lowest BCUT2D eigenvalue weighted by atomic mass is 9.80. The highest BCUT2D eigenvalue weighted by molar-refractivity contribution is 5.17. The lowest BCUT2D eigenvalue weighted by Gasteiger charge is -2.29. The molecule has 0 spiro atoms. The van der Waals surface area contributed by atoms with Crippen LogP contribution < -0.4 is 0 Å². The molecule has 2 nitrogen and oxygen atoms in total. The maximum absolute atomic E-state index is 10.3. The lowest BCUT2D eigenvalue weighted by Crippen LogP contribution is -2.28. The van der Waals surface area contributed by atoms with Gasteiger partial charge in [-0.3, -0.25) is 0 Å². The second kappa shape index (κ2) is 6.71. The van der Waals surface area contributed by atoms with Crippen LogP contribution in [0, 0.1) is 17.3 Å². The molecule has 0 radical (unpaired) electrons. The Morgan fingerprint density at radius 2 is 2.11 bits per heavy atom. The van der Waals surface area contributed by atoms with Crippen molar-refractivity contribution in [2.45, 2.75) is 65.6 Å². The van der Waals surface area contributed by atoms with Gasteiger partial charge in [0.25, 0.3) is 0 Å². The van der Waals surface area contributed by atoms with E-state index in [4.69, 9.17) is 0 Å². The highest BCUT2D eigenvalue weighted by Gasteiger charge is 2.33. The fraction of sp³-hybridized carbons (Fsp3) is 0.765. The van der Waals surface area contributed by atoms with Crippen LogP contribution in [-0.4, -0.2) is 22.4 Å². The predicted octanol–water partition coefficient (Wildman–Crippen LogP) is 3.69. The van der Waals surface area contributed by atoms with Crippen LogP contribution in [0.1, 0.15) is 53.4 Å². The molecule has 0 aromatic heterocycles. The monoisotopic (exact) mass is 266 g/mol. The molecule has 0 heterocycles. The Morgan fingerprint density at radius 1 is 1.47 bits per heavy atom. The largest absolute Gasteiger partial charge is 0.392 e. The summed E-state index contributed by atoms with van der Waals surface area (Å²) in [6.07, 6.45) is 7.06. The third kappa shape index (κ3) is 4.19. The van der Waals surface area contributed by atoms with Crippen LogP contribution in [0.4, 0.5) is 0 Å². The van der Waals surface area contributed by atoms with Gasteiger partial charge in [-0.2, -0.15) is 0 Å². The summed E-state index contributed by atoms with van der Waals surface area (Å²) >= 11 is 0. The molecule has 1 saturated carbocycles. The Morgan fingerprint density at radius 3 is 2.58 bits per heavy atom. The third-order valence-electron chi connectivity index (χ3n) is 4.63. The van der Waals surface area contributed by atoms with Crippen molar-refractivity contribution in [1.29, 1.82) is 0 Å². The zero-order valence-corrected chi connectivity index (χ0v) is 12.9. The van der Waals surface area contributed by atoms with Gasteiger partial charge in [0.1, 0.15) is 0 Å². The first kappa shape index (κ1) is 16.5. The van der Waals surface area contributed by atoms with Gasteiger partial charge < -0.3 is 10.2 Å². The first-order valence-electron chi connectivity index (χ1n) is 7.51. The van der Waals surface area contributed by atoms with Gasteiger partial charge in [0.05, 0.1) is 12.2 Å². The molecule has 2 N–H and O–H groups in total. The van der Waals surface area contributed by atoms with Gasteiger partial charge >= 0.3 is 0 Å². The third-order valence-corrected chi connectivity index (χ3v) is 4.63. The molecule has 2 heteroatoms. The summed E-state index contributed by atoms with van der Waals surface area (Å²) in [5.74, 6) is 0.404. The summed E-state index contributed by atoms with van der Waals surface area (Å²) in [6.45, 7) is 12.5. The lowest BCUT2D eigenvalue weighted by molar-refractivity contribution is 0.0799. The smallest absolute Gasteiger partial charge is 0.0771 e. The quantitative estimate of drug-likeness (QED) is 0.720. The van der Waals surface area contributed by atoms with Crippen LogP contribution in [-0.2, 0) is 0 Å². The Balaban J connectivity index is 2.62. The molecular weight excluding hydrogens is 236 g/mol. The Hall–Kier alpha value is -0.600. The molecule has 0 saturated heterocycles. The van der Waals surface area contributed by atoms with E-state index in [9.17, 15) is 10.2 Å². The zero-order valence-electron chi connectivity index (χ0n) is 12.9. The second-order valence-electron chi connectivity index (χ2n) is 6.72. The first-order chi connectivity index (χ1) is 8.79. The highest BCUT2D eigenvalue weighted by Crippen LogP contribution is 2.37. The van der Waals surface area contributed by atoms with E-state index in [1.54, 1.807) is 0 Å². The van der Waals surface area contributed by atoms with Crippen LogP contribution in [0.5, 0.6) is 0 Å². The Bertz CT molecular complexity index is 330. The van der Waals surface area contributed by atoms with Gasteiger partial charge in [-0.25, -0.2) is 0 Å². The van der Waals surface area contributed by atoms with E-state index >= 15 is 0 Å². The van der Waals surface area contributed by atoms with Crippen molar-refractivity contribution in [3.8, 4) is 0 Å². The van der Waals surface area contributed by atoms with E-state index in [0.717, 1.165) is 24.8 Å². The van der Waals surface area contributed by atoms with Gasteiger partial charge in [-0.05, 0) is 24.2 Å². The number of unbranched alkanes of at least 4 members (excludes halogenated alkanes) is 1. The second-order valence-corrected chi connectivity index (χ2v) is 6.72. The molecular formula is C17H30O2. The van der Waals surface area contributed by atoms with Gasteiger partial charge in [-0.15, -0.1) is 0 Å². The van der Waals surface area contributed by atoms with Crippen LogP contribution in [0.15, 0.2) is 24.3 Å². The molecule has 1 fully saturated rings. The standard InChI is InChI=1S/C17H30O2/c1-6-7-10-17(4,5)16(19)9-8-14-13(3)12(2)11-15(14)18/h8-9,13-16,18-19H,2,6-7,10-11H2,1,3-5H3/b9-8+/t13?,14-,15?,16?/m1/s1. The fourth-order valence-corrected chi connectivity index (χ4v) is 2.77. The minimum atomic E-state index is -0.452.